The van der Waals surface area contributed by atoms with Gasteiger partial charge in [0.2, 0.25) is 0 Å². The highest BCUT2D eigenvalue weighted by Crippen LogP contribution is 2.17. The highest BCUT2D eigenvalue weighted by atomic mass is 35.5. The highest BCUT2D eigenvalue weighted by molar-refractivity contribution is 7.80. The van der Waals surface area contributed by atoms with Gasteiger partial charge in [-0.15, -0.1) is 0 Å². The molecule has 0 saturated carbocycles. The molecule has 7 nitrogen and oxygen atoms in total. The first kappa shape index (κ1) is 22.0. The fourth-order valence-electron chi connectivity index (χ4n) is 2.92. The predicted molar refractivity (Wildman–Crippen MR) is 116 cm³/mol. The van der Waals surface area contributed by atoms with Crippen LogP contribution in [0, 0.1) is 0 Å². The maximum absolute atomic E-state index is 12.4. The van der Waals surface area contributed by atoms with E-state index in [-0.39, 0.29) is 17.0 Å². The SMILES string of the molecule is O=C(N[C@@H](Cc1ccc(OC(=S)N2CCOCC2)cc1)C(=O)O)c1ccccc1Cl. The van der Waals surface area contributed by atoms with Crippen molar-refractivity contribution in [2.75, 3.05) is 26.3 Å². The van der Waals surface area contributed by atoms with Gasteiger partial charge in [-0.05, 0) is 42.0 Å². The van der Waals surface area contributed by atoms with Crippen LogP contribution in [0.1, 0.15) is 15.9 Å². The van der Waals surface area contributed by atoms with E-state index in [0.29, 0.717) is 37.2 Å². The number of halogens is 1. The van der Waals surface area contributed by atoms with Crippen molar-refractivity contribution in [1.82, 2.24) is 10.2 Å². The quantitative estimate of drug-likeness (QED) is 0.657. The molecule has 2 aromatic rings. The van der Waals surface area contributed by atoms with Gasteiger partial charge < -0.3 is 24.8 Å². The number of hydrogen-bond acceptors (Lipinski definition) is 5. The van der Waals surface area contributed by atoms with E-state index in [2.05, 4.69) is 5.32 Å². The maximum atomic E-state index is 12.4. The van der Waals surface area contributed by atoms with Crippen LogP contribution in [0.25, 0.3) is 0 Å². The average Bonchev–Trinajstić information content (AvgIpc) is 2.75. The predicted octanol–water partition coefficient (Wildman–Crippen LogP) is 2.76. The minimum Gasteiger partial charge on any atom is -0.480 e. The molecule has 0 bridgehead atoms. The summed E-state index contributed by atoms with van der Waals surface area (Å²) in [5.74, 6) is -1.12. The number of carbonyl (C=O) groups excluding carboxylic acids is 1. The van der Waals surface area contributed by atoms with Crippen molar-refractivity contribution in [3.05, 3.63) is 64.7 Å². The molecule has 0 aliphatic carbocycles. The fourth-order valence-corrected chi connectivity index (χ4v) is 3.42. The smallest absolute Gasteiger partial charge is 0.326 e. The van der Waals surface area contributed by atoms with Gasteiger partial charge in [0, 0.05) is 19.5 Å². The third-order valence-electron chi connectivity index (χ3n) is 4.56. The van der Waals surface area contributed by atoms with E-state index in [4.69, 9.17) is 33.3 Å². The van der Waals surface area contributed by atoms with Crippen molar-refractivity contribution in [2.45, 2.75) is 12.5 Å². The first-order chi connectivity index (χ1) is 14.4. The Bertz CT molecular complexity index is 916. The van der Waals surface area contributed by atoms with Crippen molar-refractivity contribution in [1.29, 1.82) is 0 Å². The van der Waals surface area contributed by atoms with Crippen LogP contribution in [0.3, 0.4) is 0 Å². The number of thiocarbonyl (C=S) groups is 1. The molecular weight excluding hydrogens is 428 g/mol. The number of morpholine rings is 1. The molecule has 0 aromatic heterocycles. The highest BCUT2D eigenvalue weighted by Gasteiger charge is 2.22. The second kappa shape index (κ2) is 10.4. The van der Waals surface area contributed by atoms with Gasteiger partial charge in [-0.3, -0.25) is 4.79 Å². The van der Waals surface area contributed by atoms with Gasteiger partial charge in [0.15, 0.2) is 0 Å². The molecule has 2 N–H and O–H groups in total. The third kappa shape index (κ3) is 5.91. The van der Waals surface area contributed by atoms with E-state index in [1.807, 2.05) is 4.90 Å². The lowest BCUT2D eigenvalue weighted by Gasteiger charge is -2.28. The minimum absolute atomic E-state index is 0.111. The zero-order valence-corrected chi connectivity index (χ0v) is 17.6. The Balaban J connectivity index is 1.60. The van der Waals surface area contributed by atoms with Crippen LogP contribution in [0.15, 0.2) is 48.5 Å². The molecule has 0 unspecified atom stereocenters. The Morgan fingerprint density at radius 1 is 1.17 bits per heavy atom. The lowest BCUT2D eigenvalue weighted by molar-refractivity contribution is -0.139. The summed E-state index contributed by atoms with van der Waals surface area (Å²) in [7, 11) is 0. The number of carboxylic acids is 1. The third-order valence-corrected chi connectivity index (χ3v) is 5.23. The molecule has 0 spiro atoms. The van der Waals surface area contributed by atoms with Crippen LogP contribution < -0.4 is 10.1 Å². The summed E-state index contributed by atoms with van der Waals surface area (Å²) in [6.45, 7) is 2.59. The average molecular weight is 449 g/mol. The second-order valence-electron chi connectivity index (χ2n) is 6.66. The van der Waals surface area contributed by atoms with Gasteiger partial charge in [-0.1, -0.05) is 35.9 Å². The van der Waals surface area contributed by atoms with Crippen molar-refractivity contribution in [3.63, 3.8) is 0 Å². The van der Waals surface area contributed by atoms with Crippen molar-refractivity contribution in [3.8, 4) is 5.75 Å². The second-order valence-corrected chi connectivity index (χ2v) is 7.42. The summed E-state index contributed by atoms with van der Waals surface area (Å²) < 4.78 is 11.0. The Labute approximate surface area is 184 Å². The lowest BCUT2D eigenvalue weighted by Crippen LogP contribution is -2.42. The normalized spacial score (nSPS) is 14.6. The molecule has 1 atom stereocenters. The van der Waals surface area contributed by atoms with E-state index in [1.165, 1.54) is 0 Å². The van der Waals surface area contributed by atoms with Gasteiger partial charge in [-0.25, -0.2) is 4.79 Å². The summed E-state index contributed by atoms with van der Waals surface area (Å²) in [6.07, 6.45) is 0.111. The zero-order valence-electron chi connectivity index (χ0n) is 16.0. The van der Waals surface area contributed by atoms with Gasteiger partial charge in [0.1, 0.15) is 11.8 Å². The molecule has 1 saturated heterocycles. The van der Waals surface area contributed by atoms with Crippen LogP contribution in [0.5, 0.6) is 5.75 Å². The zero-order chi connectivity index (χ0) is 21.5. The summed E-state index contributed by atoms with van der Waals surface area (Å²) in [6, 6.07) is 12.3. The van der Waals surface area contributed by atoms with Gasteiger partial charge in [-0.2, -0.15) is 0 Å². The molecule has 1 fully saturated rings. The van der Waals surface area contributed by atoms with Gasteiger partial charge in [0.25, 0.3) is 11.1 Å². The van der Waals surface area contributed by atoms with Crippen LogP contribution in [-0.2, 0) is 16.0 Å². The first-order valence-corrected chi connectivity index (χ1v) is 10.1. The number of carboxylic acid groups (broad SMARTS) is 1. The van der Waals surface area contributed by atoms with Crippen LogP contribution in [0.2, 0.25) is 5.02 Å². The molecule has 9 heteroatoms. The number of aliphatic carboxylic acids is 1. The van der Waals surface area contributed by atoms with Crippen molar-refractivity contribution >= 4 is 40.9 Å². The number of amides is 1. The fraction of sp³-hybridized carbons (Fsp3) is 0.286. The Hall–Kier alpha value is -2.68. The number of hydrogen-bond donors (Lipinski definition) is 2. The van der Waals surface area contributed by atoms with Gasteiger partial charge in [0.05, 0.1) is 23.8 Å². The summed E-state index contributed by atoms with van der Waals surface area (Å²) in [4.78, 5) is 26.0. The standard InChI is InChI=1S/C21H21ClN2O5S/c22-17-4-2-1-3-16(17)19(25)23-18(20(26)27)13-14-5-7-15(8-6-14)29-21(30)24-9-11-28-12-10-24/h1-8,18H,9-13H2,(H,23,25)(H,26,27)/t18-/m0/s1. The molecule has 0 radical (unpaired) electrons. The lowest BCUT2D eigenvalue weighted by atomic mass is 10.1. The molecule has 1 aliphatic rings. The van der Waals surface area contributed by atoms with Crippen molar-refractivity contribution in [2.24, 2.45) is 0 Å². The topological polar surface area (TPSA) is 88.1 Å². The number of carbonyl (C=O) groups is 2. The minimum atomic E-state index is -1.13. The van der Waals surface area contributed by atoms with Crippen LogP contribution in [0.4, 0.5) is 0 Å². The van der Waals surface area contributed by atoms with Crippen LogP contribution >= 0.6 is 23.8 Å². The number of ether oxygens (including phenoxy) is 2. The van der Waals surface area contributed by atoms with E-state index < -0.39 is 17.9 Å². The number of nitrogens with zero attached hydrogens (tertiary/aromatic N) is 1. The molecule has 158 valence electrons. The van der Waals surface area contributed by atoms with E-state index >= 15 is 0 Å². The molecule has 2 aromatic carbocycles. The molecule has 1 amide bonds. The van der Waals surface area contributed by atoms with E-state index in [0.717, 1.165) is 5.56 Å². The van der Waals surface area contributed by atoms with Crippen LogP contribution in [-0.4, -0.2) is 59.4 Å². The largest absolute Gasteiger partial charge is 0.480 e. The summed E-state index contributed by atoms with van der Waals surface area (Å²) in [5, 5.41) is 12.7. The number of benzene rings is 2. The molecule has 30 heavy (non-hydrogen) atoms. The van der Waals surface area contributed by atoms with Gasteiger partial charge >= 0.3 is 5.97 Å². The van der Waals surface area contributed by atoms with E-state index in [9.17, 15) is 14.7 Å². The molecule has 1 aliphatic heterocycles. The molecular formula is C21H21ClN2O5S. The maximum Gasteiger partial charge on any atom is 0.326 e. The molecule has 1 heterocycles. The Kier molecular flexibility index (Phi) is 7.62. The monoisotopic (exact) mass is 448 g/mol. The Morgan fingerprint density at radius 3 is 2.47 bits per heavy atom. The number of nitrogens with one attached hydrogen (secondary N) is 1. The summed E-state index contributed by atoms with van der Waals surface area (Å²) >= 11 is 11.3. The Morgan fingerprint density at radius 2 is 1.83 bits per heavy atom. The summed E-state index contributed by atoms with van der Waals surface area (Å²) in [5.41, 5.74) is 0.956. The number of rotatable bonds is 6. The van der Waals surface area contributed by atoms with E-state index in [1.54, 1.807) is 48.5 Å². The first-order valence-electron chi connectivity index (χ1n) is 9.35. The van der Waals surface area contributed by atoms with Crippen molar-refractivity contribution < 1.29 is 24.2 Å². The molecule has 3 rings (SSSR count).